The molecule has 0 fully saturated rings. The van der Waals surface area contributed by atoms with Crippen molar-refractivity contribution in [2.45, 2.75) is 90.4 Å². The van der Waals surface area contributed by atoms with Gasteiger partial charge in [0.1, 0.15) is 6.61 Å². The molecule has 0 unspecified atom stereocenters. The van der Waals surface area contributed by atoms with Crippen molar-refractivity contribution in [2.75, 3.05) is 27.7 Å². The van der Waals surface area contributed by atoms with Gasteiger partial charge < -0.3 is 12.4 Å². The molecule has 0 N–H and O–H groups in total. The maximum atomic E-state index is 5.67. The van der Waals surface area contributed by atoms with Crippen molar-refractivity contribution in [3.8, 4) is 0 Å². The second-order valence-corrected chi connectivity index (χ2v) is 6.97. The molecule has 0 spiro atoms. The zero-order valence-electron chi connectivity index (χ0n) is 15.1. The van der Waals surface area contributed by atoms with Crippen LogP contribution < -0.4 is 12.4 Å². The van der Waals surface area contributed by atoms with E-state index in [1.54, 1.807) is 0 Å². The van der Waals surface area contributed by atoms with Crippen LogP contribution in [0, 0.1) is 0 Å². The maximum Gasteiger partial charge on any atom is 0.106 e. The van der Waals surface area contributed by atoms with E-state index in [2.05, 4.69) is 28.1 Å². The number of hydroxylamine groups is 3. The Balaban J connectivity index is 0. The fourth-order valence-corrected chi connectivity index (χ4v) is 2.46. The molecular weight excluding hydrogens is 282 g/mol. The second kappa shape index (κ2) is 16.6. The molecule has 0 heterocycles. The summed E-state index contributed by atoms with van der Waals surface area (Å²) in [6.45, 7) is 3.19. The Hall–Kier alpha value is 0.210. The molecule has 0 aliphatic carbocycles. The first-order chi connectivity index (χ1) is 9.56. The van der Waals surface area contributed by atoms with Crippen molar-refractivity contribution in [3.05, 3.63) is 0 Å². The molecule has 21 heavy (non-hydrogen) atoms. The van der Waals surface area contributed by atoms with Crippen LogP contribution >= 0.6 is 0 Å². The van der Waals surface area contributed by atoms with Gasteiger partial charge in [-0.15, -0.1) is 0 Å². The van der Waals surface area contributed by atoms with Gasteiger partial charge in [0.2, 0.25) is 0 Å². The molecule has 0 aliphatic rings. The third kappa shape index (κ3) is 22.6. The fraction of sp³-hybridized carbons (Fsp3) is 1.00. The van der Waals surface area contributed by atoms with Crippen LogP contribution in [-0.2, 0) is 4.84 Å². The topological polar surface area (TPSA) is 9.23 Å². The van der Waals surface area contributed by atoms with Gasteiger partial charge >= 0.3 is 0 Å². The smallest absolute Gasteiger partial charge is 0.106 e. The summed E-state index contributed by atoms with van der Waals surface area (Å²) in [5.74, 6) is 0. The van der Waals surface area contributed by atoms with Crippen LogP contribution in [0.4, 0.5) is 0 Å². The van der Waals surface area contributed by atoms with Gasteiger partial charge in [-0.25, -0.2) is 4.84 Å². The molecule has 0 aromatic heterocycles. The maximum absolute atomic E-state index is 5.67. The lowest BCUT2D eigenvalue weighted by molar-refractivity contribution is -1.06. The van der Waals surface area contributed by atoms with Crippen LogP contribution in [-0.4, -0.2) is 32.4 Å². The van der Waals surface area contributed by atoms with Crippen molar-refractivity contribution >= 4 is 0 Å². The van der Waals surface area contributed by atoms with Crippen LogP contribution in [0.3, 0.4) is 0 Å². The standard InChI is InChI=1S/C18H40NO.ClH/c1-5-6-7-8-9-10-11-12-13-14-15-16-17-18-20-19(2,3)4;/h5-18H2,1-4H3;1H/q+1;/p-1. The molecule has 130 valence electrons. The number of hydrogen-bond acceptors (Lipinski definition) is 1. The van der Waals surface area contributed by atoms with Crippen molar-refractivity contribution < 1.29 is 21.9 Å². The SMILES string of the molecule is CCCCCCCCCCCCCCCO[N+](C)(C)C.[Cl-]. The lowest BCUT2D eigenvalue weighted by Gasteiger charge is -2.20. The fourth-order valence-electron chi connectivity index (χ4n) is 2.46. The first-order valence-electron chi connectivity index (χ1n) is 9.02. The van der Waals surface area contributed by atoms with E-state index >= 15 is 0 Å². The van der Waals surface area contributed by atoms with Crippen LogP contribution in [0.5, 0.6) is 0 Å². The third-order valence-electron chi connectivity index (χ3n) is 3.73. The van der Waals surface area contributed by atoms with Gasteiger partial charge in [0.15, 0.2) is 0 Å². The largest absolute Gasteiger partial charge is 1.00 e. The molecule has 0 aromatic carbocycles. The Morgan fingerprint density at radius 3 is 1.24 bits per heavy atom. The van der Waals surface area contributed by atoms with Gasteiger partial charge in [-0.1, -0.05) is 84.0 Å². The van der Waals surface area contributed by atoms with Gasteiger partial charge in [-0.2, -0.15) is 4.65 Å². The highest BCUT2D eigenvalue weighted by Crippen LogP contribution is 2.12. The van der Waals surface area contributed by atoms with Gasteiger partial charge in [-0.3, -0.25) is 0 Å². The molecule has 0 rings (SSSR count). The molecule has 0 radical (unpaired) electrons. The molecular formula is C18H40ClNO. The van der Waals surface area contributed by atoms with Crippen LogP contribution in [0.2, 0.25) is 0 Å². The Kier molecular flexibility index (Phi) is 18.5. The van der Waals surface area contributed by atoms with E-state index in [0.717, 1.165) is 6.61 Å². The van der Waals surface area contributed by atoms with Gasteiger partial charge in [0, 0.05) is 0 Å². The number of nitrogens with zero attached hydrogens (tertiary/aromatic N) is 1. The van der Waals surface area contributed by atoms with Gasteiger partial charge in [0.05, 0.1) is 21.1 Å². The molecule has 0 bridgehead atoms. The quantitative estimate of drug-likeness (QED) is 0.256. The summed E-state index contributed by atoms with van der Waals surface area (Å²) in [6, 6.07) is 0. The van der Waals surface area contributed by atoms with Crippen molar-refractivity contribution in [1.29, 1.82) is 0 Å². The summed E-state index contributed by atoms with van der Waals surface area (Å²) in [6.07, 6.45) is 18.3. The molecule has 0 atom stereocenters. The summed E-state index contributed by atoms with van der Waals surface area (Å²) in [5.41, 5.74) is 0. The van der Waals surface area contributed by atoms with E-state index in [0.29, 0.717) is 4.65 Å². The average molecular weight is 322 g/mol. The minimum atomic E-state index is 0. The normalized spacial score (nSPS) is 11.4. The summed E-state index contributed by atoms with van der Waals surface area (Å²) < 4.78 is 0.623. The Morgan fingerprint density at radius 1 is 0.571 bits per heavy atom. The summed E-state index contributed by atoms with van der Waals surface area (Å²) in [4.78, 5) is 5.67. The highest BCUT2D eigenvalue weighted by Gasteiger charge is 2.06. The first-order valence-corrected chi connectivity index (χ1v) is 9.02. The van der Waals surface area contributed by atoms with E-state index in [-0.39, 0.29) is 12.4 Å². The highest BCUT2D eigenvalue weighted by molar-refractivity contribution is 4.48. The van der Waals surface area contributed by atoms with E-state index in [4.69, 9.17) is 4.84 Å². The summed E-state index contributed by atoms with van der Waals surface area (Å²) in [5, 5.41) is 0. The van der Waals surface area contributed by atoms with Gasteiger partial charge in [-0.05, 0) is 6.42 Å². The van der Waals surface area contributed by atoms with Crippen molar-refractivity contribution in [1.82, 2.24) is 0 Å². The Bertz CT molecular complexity index is 192. The summed E-state index contributed by atoms with van der Waals surface area (Å²) in [7, 11) is 6.22. The first kappa shape index (κ1) is 23.5. The zero-order valence-corrected chi connectivity index (χ0v) is 15.9. The number of halogens is 1. The van der Waals surface area contributed by atoms with E-state index < -0.39 is 0 Å². The number of hydrogen-bond donors (Lipinski definition) is 0. The lowest BCUT2D eigenvalue weighted by atomic mass is 10.0. The molecule has 2 nitrogen and oxygen atoms in total. The number of unbranched alkanes of at least 4 members (excludes halogenated alkanes) is 12. The molecule has 0 aliphatic heterocycles. The monoisotopic (exact) mass is 321 g/mol. The lowest BCUT2D eigenvalue weighted by Crippen LogP contribution is -3.00. The predicted molar refractivity (Wildman–Crippen MR) is 89.7 cm³/mol. The van der Waals surface area contributed by atoms with Crippen LogP contribution in [0.1, 0.15) is 90.4 Å². The third-order valence-corrected chi connectivity index (χ3v) is 3.73. The van der Waals surface area contributed by atoms with Crippen LogP contribution in [0.25, 0.3) is 0 Å². The van der Waals surface area contributed by atoms with Crippen molar-refractivity contribution in [3.63, 3.8) is 0 Å². The molecule has 3 heteroatoms. The molecule has 0 saturated heterocycles. The highest BCUT2D eigenvalue weighted by atomic mass is 35.5. The van der Waals surface area contributed by atoms with Crippen LogP contribution in [0.15, 0.2) is 0 Å². The van der Waals surface area contributed by atoms with Gasteiger partial charge in [0.25, 0.3) is 0 Å². The second-order valence-electron chi connectivity index (χ2n) is 6.97. The Morgan fingerprint density at radius 2 is 0.905 bits per heavy atom. The van der Waals surface area contributed by atoms with Crippen molar-refractivity contribution in [2.24, 2.45) is 0 Å². The molecule has 0 saturated carbocycles. The number of quaternary nitrogens is 1. The predicted octanol–water partition coefficient (Wildman–Crippen LogP) is 2.72. The van der Waals surface area contributed by atoms with E-state index in [9.17, 15) is 0 Å². The molecule has 0 amide bonds. The average Bonchev–Trinajstić information content (AvgIpc) is 2.38. The van der Waals surface area contributed by atoms with E-state index in [1.807, 2.05) is 0 Å². The zero-order chi connectivity index (χ0) is 15.1. The summed E-state index contributed by atoms with van der Waals surface area (Å²) >= 11 is 0. The molecule has 0 aromatic rings. The minimum absolute atomic E-state index is 0. The minimum Gasteiger partial charge on any atom is -1.00 e. The number of rotatable bonds is 15. The Labute approximate surface area is 140 Å². The van der Waals surface area contributed by atoms with E-state index in [1.165, 1.54) is 83.5 Å².